The SMILES string of the molecule is C[C@@H]1[C@H](CSc2ccccn2)O[C@H](c2ccc(CNC(=O)NCc3ccccc3)cc2)O[C@@H]1c1ccc(CO)cc1. The molecule has 0 saturated carbocycles. The molecule has 212 valence electrons. The molecule has 1 aliphatic heterocycles. The summed E-state index contributed by atoms with van der Waals surface area (Å²) < 4.78 is 13.1. The molecule has 1 aromatic heterocycles. The van der Waals surface area contributed by atoms with Gasteiger partial charge in [-0.3, -0.25) is 0 Å². The van der Waals surface area contributed by atoms with Crippen molar-refractivity contribution >= 4 is 17.8 Å². The lowest BCUT2D eigenvalue weighted by Crippen LogP contribution is -2.38. The number of benzene rings is 3. The lowest BCUT2D eigenvalue weighted by molar-refractivity contribution is -0.268. The topological polar surface area (TPSA) is 92.7 Å². The molecule has 2 heterocycles. The highest BCUT2D eigenvalue weighted by Crippen LogP contribution is 2.42. The third-order valence-corrected chi connectivity index (χ3v) is 8.19. The predicted octanol–water partition coefficient (Wildman–Crippen LogP) is 6.16. The first kappa shape index (κ1) is 28.8. The van der Waals surface area contributed by atoms with E-state index in [9.17, 15) is 9.90 Å². The second-order valence-electron chi connectivity index (χ2n) is 10.1. The highest BCUT2D eigenvalue weighted by molar-refractivity contribution is 7.99. The van der Waals surface area contributed by atoms with Crippen molar-refractivity contribution in [3.8, 4) is 0 Å². The zero-order valence-electron chi connectivity index (χ0n) is 23.0. The maximum Gasteiger partial charge on any atom is 0.315 e. The van der Waals surface area contributed by atoms with Gasteiger partial charge in [0, 0.05) is 36.5 Å². The zero-order valence-corrected chi connectivity index (χ0v) is 23.8. The molecule has 2 amide bonds. The molecular formula is C33H35N3O4S. The first-order chi connectivity index (χ1) is 20.1. The van der Waals surface area contributed by atoms with Crippen LogP contribution >= 0.6 is 11.8 Å². The molecule has 0 radical (unpaired) electrons. The number of ether oxygens (including phenoxy) is 2. The normalized spacial score (nSPS) is 20.3. The molecule has 0 bridgehead atoms. The van der Waals surface area contributed by atoms with Crippen LogP contribution in [0.25, 0.3) is 0 Å². The summed E-state index contributed by atoms with van der Waals surface area (Å²) in [4.78, 5) is 16.7. The van der Waals surface area contributed by atoms with Gasteiger partial charge in [-0.2, -0.15) is 0 Å². The third kappa shape index (κ3) is 7.95. The number of urea groups is 1. The maximum atomic E-state index is 12.3. The monoisotopic (exact) mass is 569 g/mol. The molecule has 5 rings (SSSR count). The van der Waals surface area contributed by atoms with Gasteiger partial charge in [0.2, 0.25) is 0 Å². The zero-order chi connectivity index (χ0) is 28.4. The number of amides is 2. The second kappa shape index (κ2) is 14.3. The molecule has 7 nitrogen and oxygen atoms in total. The van der Waals surface area contributed by atoms with E-state index in [1.807, 2.05) is 97.1 Å². The summed E-state index contributed by atoms with van der Waals surface area (Å²) in [5.41, 5.74) is 4.86. The van der Waals surface area contributed by atoms with Crippen LogP contribution in [0.5, 0.6) is 0 Å². The molecule has 41 heavy (non-hydrogen) atoms. The molecule has 0 spiro atoms. The van der Waals surface area contributed by atoms with E-state index in [-0.39, 0.29) is 30.8 Å². The number of hydrogen-bond donors (Lipinski definition) is 3. The van der Waals surface area contributed by atoms with Gasteiger partial charge in [0.15, 0.2) is 6.29 Å². The van der Waals surface area contributed by atoms with Gasteiger partial charge in [0.05, 0.1) is 23.8 Å². The Morgan fingerprint density at radius 2 is 1.44 bits per heavy atom. The maximum absolute atomic E-state index is 12.3. The number of thioether (sulfide) groups is 1. The molecule has 8 heteroatoms. The minimum Gasteiger partial charge on any atom is -0.392 e. The van der Waals surface area contributed by atoms with E-state index in [4.69, 9.17) is 9.47 Å². The summed E-state index contributed by atoms with van der Waals surface area (Å²) in [5.74, 6) is 0.837. The van der Waals surface area contributed by atoms with Gasteiger partial charge in [-0.05, 0) is 34.4 Å². The van der Waals surface area contributed by atoms with Crippen molar-refractivity contribution in [3.63, 3.8) is 0 Å². The van der Waals surface area contributed by atoms with Gasteiger partial charge in [-0.25, -0.2) is 9.78 Å². The molecule has 0 unspecified atom stereocenters. The Bertz CT molecular complexity index is 1370. The van der Waals surface area contributed by atoms with Crippen molar-refractivity contribution in [1.29, 1.82) is 0 Å². The Hall–Kier alpha value is -3.69. The highest BCUT2D eigenvalue weighted by atomic mass is 32.2. The lowest BCUT2D eigenvalue weighted by atomic mass is 9.91. The Kier molecular flexibility index (Phi) is 10.0. The van der Waals surface area contributed by atoms with Crippen LogP contribution in [-0.2, 0) is 29.2 Å². The van der Waals surface area contributed by atoms with E-state index in [1.54, 1.807) is 18.0 Å². The molecular weight excluding hydrogens is 534 g/mol. The summed E-state index contributed by atoms with van der Waals surface area (Å²) >= 11 is 1.67. The molecule has 1 aliphatic rings. The fourth-order valence-corrected chi connectivity index (χ4v) is 5.75. The fourth-order valence-electron chi connectivity index (χ4n) is 4.73. The van der Waals surface area contributed by atoms with Crippen LogP contribution in [0.3, 0.4) is 0 Å². The number of nitrogens with one attached hydrogen (secondary N) is 2. The van der Waals surface area contributed by atoms with Crippen molar-refractivity contribution in [2.75, 3.05) is 5.75 Å². The van der Waals surface area contributed by atoms with E-state index >= 15 is 0 Å². The summed E-state index contributed by atoms with van der Waals surface area (Å²) in [6.07, 6.45) is 1.01. The Morgan fingerprint density at radius 3 is 2.10 bits per heavy atom. The minimum absolute atomic E-state index is 0.00628. The number of rotatable bonds is 10. The van der Waals surface area contributed by atoms with Crippen LogP contribution in [0, 0.1) is 5.92 Å². The number of carbonyl (C=O) groups is 1. The van der Waals surface area contributed by atoms with Crippen LogP contribution in [0.4, 0.5) is 4.79 Å². The van der Waals surface area contributed by atoms with E-state index < -0.39 is 6.29 Å². The van der Waals surface area contributed by atoms with E-state index in [2.05, 4.69) is 22.5 Å². The molecule has 4 aromatic rings. The molecule has 0 aliphatic carbocycles. The van der Waals surface area contributed by atoms with Crippen molar-refractivity contribution in [2.24, 2.45) is 5.92 Å². The first-order valence-electron chi connectivity index (χ1n) is 13.8. The third-order valence-electron chi connectivity index (χ3n) is 7.16. The number of hydrogen-bond acceptors (Lipinski definition) is 6. The molecule has 4 atom stereocenters. The summed E-state index contributed by atoms with van der Waals surface area (Å²) in [6, 6.07) is 31.4. The van der Waals surface area contributed by atoms with Gasteiger partial charge in [0.1, 0.15) is 0 Å². The van der Waals surface area contributed by atoms with Gasteiger partial charge >= 0.3 is 6.03 Å². The fraction of sp³-hybridized carbons (Fsp3) is 0.273. The van der Waals surface area contributed by atoms with E-state index in [1.165, 1.54) is 0 Å². The lowest BCUT2D eigenvalue weighted by Gasteiger charge is -2.41. The van der Waals surface area contributed by atoms with Crippen molar-refractivity contribution in [3.05, 3.63) is 131 Å². The minimum atomic E-state index is -0.542. The first-order valence-corrected chi connectivity index (χ1v) is 14.8. The van der Waals surface area contributed by atoms with E-state index in [0.717, 1.165) is 38.6 Å². The van der Waals surface area contributed by atoms with Crippen molar-refractivity contribution in [1.82, 2.24) is 15.6 Å². The van der Waals surface area contributed by atoms with E-state index in [0.29, 0.717) is 13.1 Å². The molecule has 3 aromatic carbocycles. The van der Waals surface area contributed by atoms with Crippen molar-refractivity contribution < 1.29 is 19.4 Å². The number of nitrogens with zero attached hydrogens (tertiary/aromatic N) is 1. The number of aliphatic hydroxyl groups excluding tert-OH is 1. The summed E-state index contributed by atoms with van der Waals surface area (Å²) in [7, 11) is 0. The number of aliphatic hydroxyl groups is 1. The number of aromatic nitrogens is 1. The number of pyridine rings is 1. The summed E-state index contributed by atoms with van der Waals surface area (Å²) in [6.45, 7) is 3.05. The van der Waals surface area contributed by atoms with Crippen LogP contribution in [0.15, 0.2) is 108 Å². The smallest absolute Gasteiger partial charge is 0.315 e. The molecule has 1 saturated heterocycles. The predicted molar refractivity (Wildman–Crippen MR) is 160 cm³/mol. The van der Waals surface area contributed by atoms with Gasteiger partial charge in [-0.1, -0.05) is 91.9 Å². The van der Waals surface area contributed by atoms with Crippen LogP contribution < -0.4 is 10.6 Å². The Morgan fingerprint density at radius 1 is 0.805 bits per heavy atom. The van der Waals surface area contributed by atoms with Gasteiger partial charge in [-0.15, -0.1) is 11.8 Å². The second-order valence-corrected chi connectivity index (χ2v) is 11.1. The standard InChI is InChI=1S/C33H35N3O4S/c1-23-29(22-41-30-9-5-6-18-34-30)39-32(40-31(23)27-14-12-26(21-37)13-15-27)28-16-10-25(11-17-28)20-36-33(38)35-19-24-7-3-2-4-8-24/h2-18,23,29,31-32,37H,19-22H2,1H3,(H2,35,36,38)/t23-,29+,31+,32+/m1/s1. The largest absolute Gasteiger partial charge is 0.392 e. The Labute approximate surface area is 245 Å². The number of carbonyl (C=O) groups excluding carboxylic acids is 1. The summed E-state index contributed by atoms with van der Waals surface area (Å²) in [5, 5.41) is 16.2. The van der Waals surface area contributed by atoms with Gasteiger partial charge < -0.3 is 25.2 Å². The molecule has 3 N–H and O–H groups in total. The quantitative estimate of drug-likeness (QED) is 0.198. The highest BCUT2D eigenvalue weighted by Gasteiger charge is 2.38. The van der Waals surface area contributed by atoms with Crippen LogP contribution in [0.2, 0.25) is 0 Å². The molecule has 1 fully saturated rings. The average molecular weight is 570 g/mol. The van der Waals surface area contributed by atoms with Crippen molar-refractivity contribution in [2.45, 2.75) is 50.1 Å². The van der Waals surface area contributed by atoms with Crippen LogP contribution in [0.1, 0.15) is 47.1 Å². The van der Waals surface area contributed by atoms with Crippen LogP contribution in [-0.4, -0.2) is 28.0 Å². The average Bonchev–Trinajstić information content (AvgIpc) is 3.03. The van der Waals surface area contributed by atoms with Gasteiger partial charge in [0.25, 0.3) is 0 Å². The Balaban J connectivity index is 1.24.